The number of nitrogens with zero attached hydrogens (tertiary/aromatic N) is 3. The molecule has 1 aromatic heterocycles. The summed E-state index contributed by atoms with van der Waals surface area (Å²) in [5, 5.41) is 0. The van der Waals surface area contributed by atoms with Gasteiger partial charge in [0, 0.05) is 30.9 Å². The van der Waals surface area contributed by atoms with Gasteiger partial charge in [-0.25, -0.2) is 23.1 Å². The molecule has 1 N–H and O–H groups in total. The minimum atomic E-state index is -3.35. The van der Waals surface area contributed by atoms with Crippen molar-refractivity contribution in [3.63, 3.8) is 0 Å². The molecule has 21 heavy (non-hydrogen) atoms. The van der Waals surface area contributed by atoms with Crippen LogP contribution in [0.1, 0.15) is 30.3 Å². The summed E-state index contributed by atoms with van der Waals surface area (Å²) in [6, 6.07) is 1.88. The molecular weight excluding hydrogens is 292 g/mol. The van der Waals surface area contributed by atoms with Crippen LogP contribution in [0.5, 0.6) is 0 Å². The lowest BCUT2D eigenvalue weighted by Gasteiger charge is -2.32. The molecule has 1 saturated heterocycles. The number of hydrogen-bond acceptors (Lipinski definition) is 5. The van der Waals surface area contributed by atoms with Crippen LogP contribution in [0.25, 0.3) is 0 Å². The van der Waals surface area contributed by atoms with E-state index >= 15 is 0 Å². The second-order valence-corrected chi connectivity index (χ2v) is 7.13. The van der Waals surface area contributed by atoms with Crippen LogP contribution in [0.3, 0.4) is 0 Å². The molecule has 0 radical (unpaired) electrons. The summed E-state index contributed by atoms with van der Waals surface area (Å²) in [4.78, 5) is 22.2. The maximum atomic E-state index is 12.1. The summed E-state index contributed by atoms with van der Waals surface area (Å²) in [7, 11) is -3.35. The third-order valence-electron chi connectivity index (χ3n) is 3.48. The van der Waals surface area contributed by atoms with Crippen molar-refractivity contribution in [3.8, 4) is 0 Å². The van der Waals surface area contributed by atoms with Gasteiger partial charge in [-0.2, -0.15) is 0 Å². The Balaban J connectivity index is 1.99. The summed E-state index contributed by atoms with van der Waals surface area (Å²) >= 11 is 0. The number of nitrogens with one attached hydrogen (secondary N) is 1. The molecule has 2 heterocycles. The molecule has 0 aliphatic carbocycles. The number of amides is 1. The van der Waals surface area contributed by atoms with Crippen molar-refractivity contribution in [1.29, 1.82) is 0 Å². The van der Waals surface area contributed by atoms with Gasteiger partial charge in [0.2, 0.25) is 15.9 Å². The molecule has 7 nitrogen and oxygen atoms in total. The van der Waals surface area contributed by atoms with E-state index in [0.717, 1.165) is 30.6 Å². The molecule has 1 atom stereocenters. The van der Waals surface area contributed by atoms with Gasteiger partial charge >= 0.3 is 0 Å². The molecule has 1 fully saturated rings. The van der Waals surface area contributed by atoms with Crippen molar-refractivity contribution >= 4 is 15.9 Å². The number of rotatable bonds is 4. The molecule has 8 heteroatoms. The van der Waals surface area contributed by atoms with Gasteiger partial charge in [-0.15, -0.1) is 0 Å². The van der Waals surface area contributed by atoms with Gasteiger partial charge < -0.3 is 4.90 Å². The number of likely N-dealkylation sites (tertiary alicyclic amines) is 1. The molecule has 2 rings (SSSR count). The average molecular weight is 312 g/mol. The number of carbonyl (C=O) groups is 1. The molecule has 0 saturated carbocycles. The summed E-state index contributed by atoms with van der Waals surface area (Å²) in [5.74, 6) is 0.702. The second-order valence-electron chi connectivity index (χ2n) is 5.30. The van der Waals surface area contributed by atoms with Crippen molar-refractivity contribution in [3.05, 3.63) is 23.8 Å². The maximum absolute atomic E-state index is 12.1. The molecule has 1 aromatic rings. The average Bonchev–Trinajstić information content (AvgIpc) is 2.44. The van der Waals surface area contributed by atoms with Crippen molar-refractivity contribution < 1.29 is 13.2 Å². The zero-order valence-electron chi connectivity index (χ0n) is 12.2. The Hall–Kier alpha value is -1.54. The third-order valence-corrected chi connectivity index (χ3v) is 4.14. The van der Waals surface area contributed by atoms with E-state index in [1.807, 2.05) is 13.0 Å². The van der Waals surface area contributed by atoms with Crippen molar-refractivity contribution in [2.24, 2.45) is 0 Å². The summed E-state index contributed by atoms with van der Waals surface area (Å²) in [5.41, 5.74) is 0.941. The molecule has 0 unspecified atom stereocenters. The smallest absolute Gasteiger partial charge is 0.237 e. The number of sulfonamides is 1. The molecule has 1 aliphatic heterocycles. The van der Waals surface area contributed by atoms with Crippen molar-refractivity contribution in [2.75, 3.05) is 25.9 Å². The largest absolute Gasteiger partial charge is 0.341 e. The van der Waals surface area contributed by atoms with E-state index in [2.05, 4.69) is 14.7 Å². The van der Waals surface area contributed by atoms with Crippen LogP contribution in [0, 0.1) is 6.92 Å². The first-order valence-corrected chi connectivity index (χ1v) is 8.76. The zero-order chi connectivity index (χ0) is 15.5. The third kappa shape index (κ3) is 4.75. The number of carbonyl (C=O) groups excluding carboxylic acids is 1. The Morgan fingerprint density at radius 2 is 2.29 bits per heavy atom. The van der Waals surface area contributed by atoms with E-state index in [9.17, 15) is 13.2 Å². The highest BCUT2D eigenvalue weighted by Gasteiger charge is 2.25. The van der Waals surface area contributed by atoms with Crippen LogP contribution in [0.4, 0.5) is 0 Å². The Bertz CT molecular complexity index is 618. The van der Waals surface area contributed by atoms with Crippen molar-refractivity contribution in [1.82, 2.24) is 19.6 Å². The fraction of sp³-hybridized carbons (Fsp3) is 0.615. The van der Waals surface area contributed by atoms with Crippen LogP contribution in [0.15, 0.2) is 12.3 Å². The quantitative estimate of drug-likeness (QED) is 0.847. The number of hydrogen-bond donors (Lipinski definition) is 1. The van der Waals surface area contributed by atoms with E-state index in [0.29, 0.717) is 13.1 Å². The molecular formula is C13H20N4O3S. The monoisotopic (exact) mass is 312 g/mol. The lowest BCUT2D eigenvalue weighted by Crippen LogP contribution is -2.44. The fourth-order valence-electron chi connectivity index (χ4n) is 2.45. The second kappa shape index (κ2) is 6.48. The Morgan fingerprint density at radius 3 is 2.95 bits per heavy atom. The number of aryl methyl sites for hydroxylation is 1. The Kier molecular flexibility index (Phi) is 4.89. The molecule has 0 spiro atoms. The van der Waals surface area contributed by atoms with Gasteiger partial charge in [-0.1, -0.05) is 0 Å². The minimum Gasteiger partial charge on any atom is -0.341 e. The Labute approximate surface area is 124 Å². The summed E-state index contributed by atoms with van der Waals surface area (Å²) < 4.78 is 24.3. The van der Waals surface area contributed by atoms with Gasteiger partial charge in [0.1, 0.15) is 5.82 Å². The van der Waals surface area contributed by atoms with E-state index in [1.54, 1.807) is 11.1 Å². The SMILES string of the molecule is Cc1nccc([C@H]2CCCN(C(=O)CNS(C)(=O)=O)C2)n1. The molecule has 0 bridgehead atoms. The first-order chi connectivity index (χ1) is 9.85. The maximum Gasteiger partial charge on any atom is 0.237 e. The van der Waals surface area contributed by atoms with Crippen LogP contribution < -0.4 is 4.72 Å². The fourth-order valence-corrected chi connectivity index (χ4v) is 2.84. The topological polar surface area (TPSA) is 92.3 Å². The highest BCUT2D eigenvalue weighted by atomic mass is 32.2. The van der Waals surface area contributed by atoms with Crippen LogP contribution in [0.2, 0.25) is 0 Å². The first-order valence-electron chi connectivity index (χ1n) is 6.87. The highest BCUT2D eigenvalue weighted by Crippen LogP contribution is 2.25. The lowest BCUT2D eigenvalue weighted by molar-refractivity contribution is -0.131. The number of piperidine rings is 1. The molecule has 1 amide bonds. The van der Waals surface area contributed by atoms with Crippen LogP contribution in [-0.4, -0.2) is 55.1 Å². The molecule has 116 valence electrons. The van der Waals surface area contributed by atoms with Gasteiger partial charge in [-0.05, 0) is 25.8 Å². The molecule has 1 aliphatic rings. The van der Waals surface area contributed by atoms with Gasteiger partial charge in [-0.3, -0.25) is 4.79 Å². The highest BCUT2D eigenvalue weighted by molar-refractivity contribution is 7.88. The van der Waals surface area contributed by atoms with Crippen LogP contribution in [-0.2, 0) is 14.8 Å². The predicted molar refractivity (Wildman–Crippen MR) is 78.2 cm³/mol. The number of aromatic nitrogens is 2. The van der Waals surface area contributed by atoms with Gasteiger partial charge in [0.15, 0.2) is 0 Å². The lowest BCUT2D eigenvalue weighted by atomic mass is 9.94. The normalized spacial score (nSPS) is 19.5. The summed E-state index contributed by atoms with van der Waals surface area (Å²) in [6.07, 6.45) is 4.63. The zero-order valence-corrected chi connectivity index (χ0v) is 13.1. The van der Waals surface area contributed by atoms with Gasteiger partial charge in [0.05, 0.1) is 12.8 Å². The first kappa shape index (κ1) is 15.8. The predicted octanol–water partition coefficient (Wildman–Crippen LogP) is 0.0402. The van der Waals surface area contributed by atoms with E-state index in [-0.39, 0.29) is 18.4 Å². The standard InChI is InChI=1S/C13H20N4O3S/c1-10-14-6-5-12(16-10)11-4-3-7-17(9-11)13(18)8-15-21(2,19)20/h5-6,11,15H,3-4,7-9H2,1-2H3/t11-/m0/s1. The minimum absolute atomic E-state index is 0.183. The Morgan fingerprint density at radius 1 is 1.52 bits per heavy atom. The van der Waals surface area contributed by atoms with Gasteiger partial charge in [0.25, 0.3) is 0 Å². The van der Waals surface area contributed by atoms with E-state index < -0.39 is 10.0 Å². The summed E-state index contributed by atoms with van der Waals surface area (Å²) in [6.45, 7) is 2.88. The van der Waals surface area contributed by atoms with E-state index in [4.69, 9.17) is 0 Å². The van der Waals surface area contributed by atoms with Crippen molar-refractivity contribution in [2.45, 2.75) is 25.7 Å². The van der Waals surface area contributed by atoms with E-state index in [1.165, 1.54) is 0 Å². The molecule has 0 aromatic carbocycles. The van der Waals surface area contributed by atoms with Crippen LogP contribution >= 0.6 is 0 Å².